The lowest BCUT2D eigenvalue weighted by Crippen LogP contribution is -2.30. The quantitative estimate of drug-likeness (QED) is 0.667. The van der Waals surface area contributed by atoms with Crippen molar-refractivity contribution in [1.29, 1.82) is 0 Å². The first-order chi connectivity index (χ1) is 13.4. The highest BCUT2D eigenvalue weighted by Gasteiger charge is 2.44. The van der Waals surface area contributed by atoms with E-state index in [2.05, 4.69) is 15.9 Å². The average molecular weight is 440 g/mol. The van der Waals surface area contributed by atoms with Crippen molar-refractivity contribution in [2.24, 2.45) is 10.7 Å². The molecule has 6 heteroatoms. The van der Waals surface area contributed by atoms with Gasteiger partial charge in [0, 0.05) is 33.9 Å². The fourth-order valence-corrected chi connectivity index (χ4v) is 4.32. The van der Waals surface area contributed by atoms with Crippen molar-refractivity contribution in [3.8, 4) is 0 Å². The maximum absolute atomic E-state index is 14.7. The van der Waals surface area contributed by atoms with Crippen molar-refractivity contribution in [3.05, 3.63) is 103 Å². The second-order valence-electron chi connectivity index (χ2n) is 6.88. The van der Waals surface area contributed by atoms with E-state index in [-0.39, 0.29) is 11.4 Å². The van der Waals surface area contributed by atoms with Gasteiger partial charge in [0.2, 0.25) is 0 Å². The summed E-state index contributed by atoms with van der Waals surface area (Å²) in [6.45, 7) is 4.22. The zero-order valence-corrected chi connectivity index (χ0v) is 17.1. The summed E-state index contributed by atoms with van der Waals surface area (Å²) in [4.78, 5) is 17.3. The molecule has 0 saturated carbocycles. The van der Waals surface area contributed by atoms with Crippen LogP contribution >= 0.6 is 15.9 Å². The number of hydrogen-bond acceptors (Lipinski definition) is 3. The fraction of sp³-hybridized carbons (Fsp3) is 0.182. The molecule has 0 aliphatic carbocycles. The van der Waals surface area contributed by atoms with Crippen LogP contribution < -0.4 is 11.3 Å². The molecule has 0 amide bonds. The number of aliphatic imine (C=N–C) groups is 1. The van der Waals surface area contributed by atoms with E-state index in [1.807, 2.05) is 43.3 Å². The monoisotopic (exact) mass is 439 g/mol. The van der Waals surface area contributed by atoms with Crippen LogP contribution in [0.3, 0.4) is 0 Å². The largest absolute Gasteiger partial charge is 0.383 e. The van der Waals surface area contributed by atoms with Gasteiger partial charge in [-0.2, -0.15) is 0 Å². The van der Waals surface area contributed by atoms with E-state index in [0.29, 0.717) is 23.2 Å². The van der Waals surface area contributed by atoms with E-state index in [1.54, 1.807) is 23.8 Å². The van der Waals surface area contributed by atoms with Crippen molar-refractivity contribution in [2.45, 2.75) is 25.9 Å². The van der Waals surface area contributed by atoms with Crippen LogP contribution in [-0.4, -0.2) is 10.4 Å². The second kappa shape index (κ2) is 6.71. The van der Waals surface area contributed by atoms with Gasteiger partial charge in [0.1, 0.15) is 17.2 Å². The van der Waals surface area contributed by atoms with Crippen LogP contribution in [0.15, 0.2) is 69.0 Å². The number of nitrogens with zero attached hydrogens (tertiary/aromatic N) is 2. The van der Waals surface area contributed by atoms with Gasteiger partial charge in [0.15, 0.2) is 0 Å². The first-order valence-corrected chi connectivity index (χ1v) is 9.80. The summed E-state index contributed by atoms with van der Waals surface area (Å²) < 4.78 is 17.2. The number of benzene rings is 2. The molecule has 0 spiro atoms. The number of nitrogens with two attached hydrogens (primary N) is 1. The summed E-state index contributed by atoms with van der Waals surface area (Å²) in [5, 5.41) is 0. The Morgan fingerprint density at radius 2 is 1.93 bits per heavy atom. The highest BCUT2D eigenvalue weighted by atomic mass is 79.9. The minimum atomic E-state index is -1.03. The summed E-state index contributed by atoms with van der Waals surface area (Å²) in [6.07, 6.45) is 1.80. The Kier molecular flexibility index (Phi) is 4.46. The van der Waals surface area contributed by atoms with Gasteiger partial charge < -0.3 is 10.3 Å². The smallest absolute Gasteiger partial charge is 0.253 e. The lowest BCUT2D eigenvalue weighted by Gasteiger charge is -2.30. The van der Waals surface area contributed by atoms with Crippen LogP contribution in [0.1, 0.15) is 34.7 Å². The molecule has 0 bridgehead atoms. The van der Waals surface area contributed by atoms with Gasteiger partial charge in [-0.15, -0.1) is 0 Å². The number of fused-ring (bicyclic) bond motifs is 1. The second-order valence-corrected chi connectivity index (χ2v) is 7.80. The Balaban J connectivity index is 2.15. The third-order valence-electron chi connectivity index (χ3n) is 5.21. The molecular formula is C22H19BrFN3O. The summed E-state index contributed by atoms with van der Waals surface area (Å²) >= 11 is 3.52. The van der Waals surface area contributed by atoms with Gasteiger partial charge in [0.05, 0.1) is 5.56 Å². The Labute approximate surface area is 170 Å². The van der Waals surface area contributed by atoms with Gasteiger partial charge in [-0.1, -0.05) is 40.2 Å². The minimum Gasteiger partial charge on any atom is -0.383 e. The lowest BCUT2D eigenvalue weighted by molar-refractivity contribution is 0.610. The number of halogens is 2. The molecule has 2 aromatic carbocycles. The van der Waals surface area contributed by atoms with Crippen LogP contribution in [0.4, 0.5) is 4.39 Å². The first kappa shape index (κ1) is 18.6. The van der Waals surface area contributed by atoms with Crippen LogP contribution in [0, 0.1) is 12.7 Å². The topological polar surface area (TPSA) is 60.4 Å². The predicted molar refractivity (Wildman–Crippen MR) is 112 cm³/mol. The van der Waals surface area contributed by atoms with Gasteiger partial charge in [-0.05, 0) is 43.7 Å². The van der Waals surface area contributed by atoms with Crippen molar-refractivity contribution >= 4 is 21.8 Å². The van der Waals surface area contributed by atoms with Gasteiger partial charge in [-0.3, -0.25) is 4.79 Å². The van der Waals surface area contributed by atoms with Crippen molar-refractivity contribution in [1.82, 2.24) is 4.57 Å². The molecule has 0 saturated heterocycles. The molecule has 0 radical (unpaired) electrons. The van der Waals surface area contributed by atoms with Gasteiger partial charge in [-0.25, -0.2) is 9.38 Å². The third-order valence-corrected chi connectivity index (χ3v) is 5.71. The molecule has 2 N–H and O–H groups in total. The lowest BCUT2D eigenvalue weighted by atomic mass is 9.78. The van der Waals surface area contributed by atoms with Crippen molar-refractivity contribution < 1.29 is 4.39 Å². The summed E-state index contributed by atoms with van der Waals surface area (Å²) in [5.41, 5.74) is 8.33. The molecule has 4 nitrogen and oxygen atoms in total. The zero-order chi connectivity index (χ0) is 20.1. The zero-order valence-electron chi connectivity index (χ0n) is 15.5. The molecule has 1 aliphatic rings. The van der Waals surface area contributed by atoms with E-state index in [0.717, 1.165) is 15.6 Å². The number of aromatic nitrogens is 1. The molecular weight excluding hydrogens is 421 g/mol. The Morgan fingerprint density at radius 3 is 2.64 bits per heavy atom. The summed E-state index contributed by atoms with van der Waals surface area (Å²) in [5.74, 6) is -0.254. The third kappa shape index (κ3) is 2.63. The summed E-state index contributed by atoms with van der Waals surface area (Å²) in [6, 6.07) is 14.4. The Bertz CT molecular complexity index is 1180. The van der Waals surface area contributed by atoms with Crippen molar-refractivity contribution in [3.63, 3.8) is 0 Å². The van der Waals surface area contributed by atoms with Crippen LogP contribution in [0.25, 0.3) is 0 Å². The Morgan fingerprint density at radius 1 is 1.18 bits per heavy atom. The molecule has 1 aliphatic heterocycles. The highest BCUT2D eigenvalue weighted by molar-refractivity contribution is 9.10. The van der Waals surface area contributed by atoms with E-state index in [9.17, 15) is 9.18 Å². The fourth-order valence-electron chi connectivity index (χ4n) is 3.92. The highest BCUT2D eigenvalue weighted by Crippen LogP contribution is 2.46. The molecule has 1 unspecified atom stereocenters. The van der Waals surface area contributed by atoms with Crippen LogP contribution in [0.5, 0.6) is 0 Å². The van der Waals surface area contributed by atoms with Gasteiger partial charge >= 0.3 is 0 Å². The minimum absolute atomic E-state index is 0.0509. The number of amidine groups is 1. The number of hydrogen-bond donors (Lipinski definition) is 1. The molecule has 28 heavy (non-hydrogen) atoms. The van der Waals surface area contributed by atoms with Crippen LogP contribution in [-0.2, 0) is 12.1 Å². The molecule has 4 rings (SSSR count). The predicted octanol–water partition coefficient (Wildman–Crippen LogP) is 4.09. The Hall–Kier alpha value is -2.73. The SMILES string of the molecule is CCn1cc(C2(c3cccc(Br)c3)N=C(N)c3c(F)cccc32)cc(C)c1=O. The maximum Gasteiger partial charge on any atom is 0.253 e. The standard InChI is InChI=1S/C22H19BrFN3O/c1-3-27-12-15(10-13(2)21(27)28)22(14-6-4-7-16(23)11-14)17-8-5-9-18(24)19(17)20(25)26-22/h4-12H,3H2,1-2H3,(H2,25,26). The number of aryl methyl sites for hydroxylation is 2. The van der Waals surface area contributed by atoms with E-state index < -0.39 is 11.4 Å². The maximum atomic E-state index is 14.7. The molecule has 142 valence electrons. The molecule has 3 aromatic rings. The normalized spacial score (nSPS) is 18.1. The molecule has 1 atom stereocenters. The molecule has 1 aromatic heterocycles. The summed E-state index contributed by atoms with van der Waals surface area (Å²) in [7, 11) is 0. The molecule has 0 fully saturated rings. The van der Waals surface area contributed by atoms with Crippen LogP contribution in [0.2, 0.25) is 0 Å². The van der Waals surface area contributed by atoms with Gasteiger partial charge in [0.25, 0.3) is 5.56 Å². The first-order valence-electron chi connectivity index (χ1n) is 9.00. The average Bonchev–Trinajstić information content (AvgIpc) is 2.98. The van der Waals surface area contributed by atoms with E-state index in [1.165, 1.54) is 6.07 Å². The van der Waals surface area contributed by atoms with Crippen molar-refractivity contribution in [2.75, 3.05) is 0 Å². The number of pyridine rings is 1. The van der Waals surface area contributed by atoms with E-state index >= 15 is 0 Å². The molecule has 2 heterocycles. The van der Waals surface area contributed by atoms with E-state index in [4.69, 9.17) is 10.7 Å². The number of rotatable bonds is 3.